The van der Waals surface area contributed by atoms with Crippen LogP contribution in [0.15, 0.2) is 18.2 Å². The van der Waals surface area contributed by atoms with Gasteiger partial charge in [-0.05, 0) is 30.4 Å². The lowest BCUT2D eigenvalue weighted by Gasteiger charge is -2.16. The van der Waals surface area contributed by atoms with Gasteiger partial charge >= 0.3 is 0 Å². The molecule has 0 saturated carbocycles. The predicted octanol–water partition coefficient (Wildman–Crippen LogP) is 3.11. The zero-order valence-corrected chi connectivity index (χ0v) is 12.4. The van der Waals surface area contributed by atoms with Crippen LogP contribution in [-0.2, 0) is 6.54 Å². The lowest BCUT2D eigenvalue weighted by Crippen LogP contribution is -2.20. The number of nitrogens with zero attached hydrogens (tertiary/aromatic N) is 2. The smallest absolute Gasteiger partial charge is 0.292 e. The molecule has 0 spiro atoms. The van der Waals surface area contributed by atoms with Crippen LogP contribution < -0.4 is 5.32 Å². The van der Waals surface area contributed by atoms with Crippen molar-refractivity contribution < 1.29 is 4.92 Å². The van der Waals surface area contributed by atoms with Crippen molar-refractivity contribution in [3.63, 3.8) is 0 Å². The second-order valence-electron chi connectivity index (χ2n) is 5.79. The normalized spacial score (nSPS) is 22.9. The highest BCUT2D eigenvalue weighted by molar-refractivity contribution is 5.62. The van der Waals surface area contributed by atoms with Crippen molar-refractivity contribution in [1.82, 2.24) is 4.90 Å². The van der Waals surface area contributed by atoms with Crippen LogP contribution in [0.2, 0.25) is 0 Å². The molecule has 20 heavy (non-hydrogen) atoms. The summed E-state index contributed by atoms with van der Waals surface area (Å²) in [5.74, 6) is 1.45. The van der Waals surface area contributed by atoms with Crippen molar-refractivity contribution in [2.24, 2.45) is 11.8 Å². The molecule has 2 unspecified atom stereocenters. The average molecular weight is 277 g/mol. The summed E-state index contributed by atoms with van der Waals surface area (Å²) in [6, 6.07) is 5.39. The molecule has 0 bridgehead atoms. The van der Waals surface area contributed by atoms with Crippen molar-refractivity contribution in [2.75, 3.05) is 25.0 Å². The quantitative estimate of drug-likeness (QED) is 0.663. The van der Waals surface area contributed by atoms with E-state index in [4.69, 9.17) is 0 Å². The van der Waals surface area contributed by atoms with Gasteiger partial charge in [-0.2, -0.15) is 0 Å². The van der Waals surface area contributed by atoms with E-state index in [0.29, 0.717) is 12.2 Å². The van der Waals surface area contributed by atoms with Gasteiger partial charge < -0.3 is 5.32 Å². The lowest BCUT2D eigenvalue weighted by atomic mass is 10.0. The molecule has 1 saturated heterocycles. The summed E-state index contributed by atoms with van der Waals surface area (Å²) < 4.78 is 0. The van der Waals surface area contributed by atoms with Gasteiger partial charge in [0.25, 0.3) is 5.69 Å². The summed E-state index contributed by atoms with van der Waals surface area (Å²) in [6.07, 6.45) is 0. The van der Waals surface area contributed by atoms with Crippen molar-refractivity contribution in [3.05, 3.63) is 33.9 Å². The van der Waals surface area contributed by atoms with Gasteiger partial charge in [0.05, 0.1) is 4.92 Å². The first-order chi connectivity index (χ1) is 9.51. The first kappa shape index (κ1) is 14.8. The first-order valence-corrected chi connectivity index (χ1v) is 7.24. The van der Waals surface area contributed by atoms with E-state index in [0.717, 1.165) is 37.0 Å². The minimum atomic E-state index is -0.332. The van der Waals surface area contributed by atoms with Gasteiger partial charge in [-0.15, -0.1) is 0 Å². The molecular weight excluding hydrogens is 254 g/mol. The van der Waals surface area contributed by atoms with E-state index in [1.807, 2.05) is 19.1 Å². The van der Waals surface area contributed by atoms with E-state index >= 15 is 0 Å². The molecule has 0 amide bonds. The molecule has 110 valence electrons. The molecule has 5 nitrogen and oxygen atoms in total. The van der Waals surface area contributed by atoms with E-state index in [1.54, 1.807) is 6.07 Å². The average Bonchev–Trinajstić information content (AvgIpc) is 2.68. The number of benzene rings is 1. The second-order valence-corrected chi connectivity index (χ2v) is 5.79. The Morgan fingerprint density at radius 3 is 2.55 bits per heavy atom. The molecule has 1 aromatic carbocycles. The number of anilines is 1. The Bertz CT molecular complexity index is 480. The minimum absolute atomic E-state index is 0.152. The molecule has 1 aliphatic heterocycles. The molecule has 0 aliphatic carbocycles. The Morgan fingerprint density at radius 1 is 1.35 bits per heavy atom. The van der Waals surface area contributed by atoms with E-state index in [1.165, 1.54) is 0 Å². The van der Waals surface area contributed by atoms with Crippen LogP contribution in [-0.4, -0.2) is 29.5 Å². The summed E-state index contributed by atoms with van der Waals surface area (Å²) in [4.78, 5) is 13.1. The number of hydrogen-bond acceptors (Lipinski definition) is 4. The second kappa shape index (κ2) is 6.22. The van der Waals surface area contributed by atoms with Gasteiger partial charge in [0.1, 0.15) is 5.69 Å². The highest BCUT2D eigenvalue weighted by atomic mass is 16.6. The standard InChI is InChI=1S/C15H23N3O2/c1-4-16-14-7-13(5-6-15(14)18(19)20)10-17-8-11(2)12(3)9-17/h5-7,11-12,16H,4,8-10H2,1-3H3. The molecule has 2 rings (SSSR count). The zero-order chi connectivity index (χ0) is 14.7. The monoisotopic (exact) mass is 277 g/mol. The third kappa shape index (κ3) is 3.28. The maximum atomic E-state index is 11.0. The Balaban J connectivity index is 2.13. The fourth-order valence-corrected chi connectivity index (χ4v) is 2.81. The van der Waals surface area contributed by atoms with Crippen LogP contribution >= 0.6 is 0 Å². The molecule has 1 aromatic rings. The number of hydrogen-bond donors (Lipinski definition) is 1. The van der Waals surface area contributed by atoms with Crippen LogP contribution in [0.3, 0.4) is 0 Å². The Hall–Kier alpha value is -1.62. The van der Waals surface area contributed by atoms with E-state index in [9.17, 15) is 10.1 Å². The van der Waals surface area contributed by atoms with Gasteiger partial charge in [0, 0.05) is 32.2 Å². The Morgan fingerprint density at radius 2 is 2.00 bits per heavy atom. The van der Waals surface area contributed by atoms with Crippen LogP contribution in [0.25, 0.3) is 0 Å². The minimum Gasteiger partial charge on any atom is -0.380 e. The topological polar surface area (TPSA) is 58.4 Å². The summed E-state index contributed by atoms with van der Waals surface area (Å²) >= 11 is 0. The molecular formula is C15H23N3O2. The molecule has 0 radical (unpaired) electrons. The van der Waals surface area contributed by atoms with Crippen molar-refractivity contribution >= 4 is 11.4 Å². The summed E-state index contributed by atoms with van der Waals surface area (Å²) in [5.41, 5.74) is 1.90. The summed E-state index contributed by atoms with van der Waals surface area (Å²) in [7, 11) is 0. The van der Waals surface area contributed by atoms with E-state index < -0.39 is 0 Å². The molecule has 1 aliphatic rings. The number of nitro groups is 1. The van der Waals surface area contributed by atoms with Crippen molar-refractivity contribution in [3.8, 4) is 0 Å². The molecule has 5 heteroatoms. The van der Waals surface area contributed by atoms with Gasteiger partial charge in [-0.3, -0.25) is 15.0 Å². The SMILES string of the molecule is CCNc1cc(CN2CC(C)C(C)C2)ccc1[N+](=O)[O-]. The molecule has 1 heterocycles. The van der Waals surface area contributed by atoms with Gasteiger partial charge in [-0.25, -0.2) is 0 Å². The zero-order valence-electron chi connectivity index (χ0n) is 12.4. The van der Waals surface area contributed by atoms with Crippen molar-refractivity contribution in [1.29, 1.82) is 0 Å². The van der Waals surface area contributed by atoms with Crippen LogP contribution in [0.5, 0.6) is 0 Å². The third-order valence-corrected chi connectivity index (χ3v) is 4.09. The predicted molar refractivity (Wildman–Crippen MR) is 80.9 cm³/mol. The number of rotatable bonds is 5. The van der Waals surface area contributed by atoms with Gasteiger partial charge in [-0.1, -0.05) is 19.9 Å². The van der Waals surface area contributed by atoms with Crippen molar-refractivity contribution in [2.45, 2.75) is 27.3 Å². The maximum absolute atomic E-state index is 11.0. The highest BCUT2D eigenvalue weighted by Crippen LogP contribution is 2.28. The van der Waals surface area contributed by atoms with E-state index in [-0.39, 0.29) is 10.6 Å². The van der Waals surface area contributed by atoms with E-state index in [2.05, 4.69) is 24.1 Å². The third-order valence-electron chi connectivity index (χ3n) is 4.09. The molecule has 0 aromatic heterocycles. The highest BCUT2D eigenvalue weighted by Gasteiger charge is 2.26. The largest absolute Gasteiger partial charge is 0.380 e. The van der Waals surface area contributed by atoms with Gasteiger partial charge in [0.2, 0.25) is 0 Å². The van der Waals surface area contributed by atoms with Gasteiger partial charge in [0.15, 0.2) is 0 Å². The first-order valence-electron chi connectivity index (χ1n) is 7.24. The molecule has 1 fully saturated rings. The van der Waals surface area contributed by atoms with Crippen LogP contribution in [0.1, 0.15) is 26.3 Å². The lowest BCUT2D eigenvalue weighted by molar-refractivity contribution is -0.384. The summed E-state index contributed by atoms with van der Waals surface area (Å²) in [5, 5.41) is 14.1. The fourth-order valence-electron chi connectivity index (χ4n) is 2.81. The number of nitrogens with one attached hydrogen (secondary N) is 1. The summed E-state index contributed by atoms with van der Waals surface area (Å²) in [6.45, 7) is 10.3. The Kier molecular flexibility index (Phi) is 4.60. The fraction of sp³-hybridized carbons (Fsp3) is 0.600. The Labute approximate surface area is 120 Å². The number of likely N-dealkylation sites (tertiary alicyclic amines) is 1. The number of nitro benzene ring substituents is 1. The maximum Gasteiger partial charge on any atom is 0.292 e. The molecule has 1 N–H and O–H groups in total. The van der Waals surface area contributed by atoms with Crippen LogP contribution in [0, 0.1) is 22.0 Å². The van der Waals surface area contributed by atoms with Crippen LogP contribution in [0.4, 0.5) is 11.4 Å². The molecule has 2 atom stereocenters.